The number of sulfonamides is 1. The molecule has 0 atom stereocenters. The Bertz CT molecular complexity index is 848. The van der Waals surface area contributed by atoms with Crippen molar-refractivity contribution < 1.29 is 27.8 Å². The summed E-state index contributed by atoms with van der Waals surface area (Å²) in [6.07, 6.45) is 0. The van der Waals surface area contributed by atoms with Crippen LogP contribution in [0.4, 0.5) is 5.69 Å². The van der Waals surface area contributed by atoms with Crippen molar-refractivity contribution >= 4 is 21.7 Å². The molecule has 1 N–H and O–H groups in total. The van der Waals surface area contributed by atoms with E-state index in [0.717, 1.165) is 4.31 Å². The lowest BCUT2D eigenvalue weighted by Crippen LogP contribution is -2.35. The third kappa shape index (κ3) is 4.66. The predicted molar refractivity (Wildman–Crippen MR) is 97.4 cm³/mol. The first-order valence-electron chi connectivity index (χ1n) is 8.08. The highest BCUT2D eigenvalue weighted by atomic mass is 32.2. The Morgan fingerprint density at radius 2 is 1.62 bits per heavy atom. The fourth-order valence-corrected chi connectivity index (χ4v) is 3.74. The minimum atomic E-state index is -4.07. The molecule has 0 aliphatic heterocycles. The summed E-state index contributed by atoms with van der Waals surface area (Å²) in [5, 5.41) is 9.18. The van der Waals surface area contributed by atoms with Gasteiger partial charge in [0.15, 0.2) is 0 Å². The standard InChI is InChI=1S/C18H21NO6S/c1-3-24-15-8-10-17(11-9-15)26(22,23)19(13-18(20)21)14-6-5-7-16(12-14)25-4-2/h5-12H,3-4,13H2,1-2H3,(H,20,21). The van der Waals surface area contributed by atoms with Crippen LogP contribution in [0.3, 0.4) is 0 Å². The van der Waals surface area contributed by atoms with Gasteiger partial charge in [0.1, 0.15) is 18.0 Å². The van der Waals surface area contributed by atoms with Crippen LogP contribution in [-0.2, 0) is 14.8 Å². The molecule has 2 aromatic carbocycles. The quantitative estimate of drug-likeness (QED) is 0.720. The molecule has 0 amide bonds. The minimum absolute atomic E-state index is 0.0241. The Hall–Kier alpha value is -2.74. The van der Waals surface area contributed by atoms with Crippen LogP contribution in [0, 0.1) is 0 Å². The Labute approximate surface area is 152 Å². The smallest absolute Gasteiger partial charge is 0.324 e. The summed E-state index contributed by atoms with van der Waals surface area (Å²) in [6, 6.07) is 12.2. The zero-order chi connectivity index (χ0) is 19.2. The summed E-state index contributed by atoms with van der Waals surface area (Å²) < 4.78 is 37.5. The predicted octanol–water partition coefficient (Wildman–Crippen LogP) is 2.76. The molecule has 0 heterocycles. The summed E-state index contributed by atoms with van der Waals surface area (Å²) in [7, 11) is -4.07. The first-order valence-corrected chi connectivity index (χ1v) is 9.52. The molecule has 0 aliphatic rings. The maximum absolute atomic E-state index is 13.0. The molecule has 2 aromatic rings. The van der Waals surface area contributed by atoms with Crippen LogP contribution in [0.5, 0.6) is 11.5 Å². The van der Waals surface area contributed by atoms with Crippen LogP contribution >= 0.6 is 0 Å². The molecule has 0 aromatic heterocycles. The molecule has 8 heteroatoms. The van der Waals surface area contributed by atoms with Crippen LogP contribution in [0.25, 0.3) is 0 Å². The van der Waals surface area contributed by atoms with Crippen molar-refractivity contribution in [2.24, 2.45) is 0 Å². The molecule has 0 saturated heterocycles. The molecule has 0 unspecified atom stereocenters. The van der Waals surface area contributed by atoms with Crippen molar-refractivity contribution in [3.8, 4) is 11.5 Å². The average Bonchev–Trinajstić information content (AvgIpc) is 2.61. The number of anilines is 1. The van der Waals surface area contributed by atoms with Crippen molar-refractivity contribution in [3.63, 3.8) is 0 Å². The van der Waals surface area contributed by atoms with E-state index in [9.17, 15) is 18.3 Å². The second-order valence-electron chi connectivity index (χ2n) is 5.24. The van der Waals surface area contributed by atoms with E-state index in [1.54, 1.807) is 19.1 Å². The number of carboxylic acids is 1. The molecule has 2 rings (SSSR count). The van der Waals surface area contributed by atoms with Gasteiger partial charge in [-0.25, -0.2) is 8.42 Å². The first-order chi connectivity index (χ1) is 12.4. The second kappa shape index (κ2) is 8.57. The Kier molecular flexibility index (Phi) is 6.46. The van der Waals surface area contributed by atoms with Crippen molar-refractivity contribution in [1.29, 1.82) is 0 Å². The topological polar surface area (TPSA) is 93.1 Å². The summed E-state index contributed by atoms with van der Waals surface area (Å²) >= 11 is 0. The molecule has 140 valence electrons. The van der Waals surface area contributed by atoms with Crippen molar-refractivity contribution in [3.05, 3.63) is 48.5 Å². The number of carbonyl (C=O) groups is 1. The maximum atomic E-state index is 13.0. The summed E-state index contributed by atoms with van der Waals surface area (Å²) in [4.78, 5) is 11.2. The van der Waals surface area contributed by atoms with Gasteiger partial charge in [0.25, 0.3) is 10.0 Å². The van der Waals surface area contributed by atoms with Gasteiger partial charge in [0, 0.05) is 6.07 Å². The van der Waals surface area contributed by atoms with Gasteiger partial charge in [0.05, 0.1) is 23.8 Å². The number of nitrogens with zero attached hydrogens (tertiary/aromatic N) is 1. The van der Waals surface area contributed by atoms with Gasteiger partial charge in [-0.3, -0.25) is 9.10 Å². The number of carboxylic acid groups (broad SMARTS) is 1. The Morgan fingerprint density at radius 1 is 1.00 bits per heavy atom. The summed E-state index contributed by atoms with van der Waals surface area (Å²) in [5.41, 5.74) is 0.215. The van der Waals surface area contributed by atoms with Gasteiger partial charge in [-0.15, -0.1) is 0 Å². The zero-order valence-electron chi connectivity index (χ0n) is 14.6. The van der Waals surface area contributed by atoms with E-state index in [0.29, 0.717) is 24.7 Å². The van der Waals surface area contributed by atoms with Gasteiger partial charge >= 0.3 is 5.97 Å². The Morgan fingerprint density at radius 3 is 2.19 bits per heavy atom. The van der Waals surface area contributed by atoms with E-state index in [1.807, 2.05) is 6.92 Å². The molecular weight excluding hydrogens is 358 g/mol. The molecule has 26 heavy (non-hydrogen) atoms. The highest BCUT2D eigenvalue weighted by molar-refractivity contribution is 7.92. The van der Waals surface area contributed by atoms with E-state index in [2.05, 4.69) is 0 Å². The average molecular weight is 379 g/mol. The largest absolute Gasteiger partial charge is 0.494 e. The number of hydrogen-bond donors (Lipinski definition) is 1. The highest BCUT2D eigenvalue weighted by Gasteiger charge is 2.27. The molecule has 0 spiro atoms. The lowest BCUT2D eigenvalue weighted by molar-refractivity contribution is -0.135. The van der Waals surface area contributed by atoms with Crippen molar-refractivity contribution in [2.75, 3.05) is 24.1 Å². The molecule has 0 aliphatic carbocycles. The van der Waals surface area contributed by atoms with E-state index in [4.69, 9.17) is 9.47 Å². The fraction of sp³-hybridized carbons (Fsp3) is 0.278. The van der Waals surface area contributed by atoms with Crippen molar-refractivity contribution in [2.45, 2.75) is 18.7 Å². The maximum Gasteiger partial charge on any atom is 0.324 e. The third-order valence-electron chi connectivity index (χ3n) is 3.42. The molecule has 0 bridgehead atoms. The molecule has 0 saturated carbocycles. The fourth-order valence-electron chi connectivity index (χ4n) is 2.33. The lowest BCUT2D eigenvalue weighted by Gasteiger charge is -2.23. The van der Waals surface area contributed by atoms with Crippen LogP contribution in [0.2, 0.25) is 0 Å². The van der Waals surface area contributed by atoms with Crippen molar-refractivity contribution in [1.82, 2.24) is 0 Å². The molecule has 7 nitrogen and oxygen atoms in total. The van der Waals surface area contributed by atoms with Crippen LogP contribution in [-0.4, -0.2) is 39.3 Å². The van der Waals surface area contributed by atoms with E-state index >= 15 is 0 Å². The zero-order valence-corrected chi connectivity index (χ0v) is 15.4. The molecule has 0 fully saturated rings. The summed E-state index contributed by atoms with van der Waals surface area (Å²) in [5.74, 6) is -0.266. The van der Waals surface area contributed by atoms with E-state index in [1.165, 1.54) is 36.4 Å². The number of hydrogen-bond acceptors (Lipinski definition) is 5. The minimum Gasteiger partial charge on any atom is -0.494 e. The number of ether oxygens (including phenoxy) is 2. The van der Waals surface area contributed by atoms with Gasteiger partial charge < -0.3 is 14.6 Å². The molecular formula is C18H21NO6S. The van der Waals surface area contributed by atoms with Gasteiger partial charge in [-0.1, -0.05) is 6.07 Å². The number of benzene rings is 2. The van der Waals surface area contributed by atoms with Gasteiger partial charge in [-0.05, 0) is 50.2 Å². The second-order valence-corrected chi connectivity index (χ2v) is 7.10. The van der Waals surface area contributed by atoms with Crippen LogP contribution < -0.4 is 13.8 Å². The Balaban J connectivity index is 2.44. The number of aliphatic carboxylic acids is 1. The van der Waals surface area contributed by atoms with Gasteiger partial charge in [-0.2, -0.15) is 0 Å². The van der Waals surface area contributed by atoms with Gasteiger partial charge in [0.2, 0.25) is 0 Å². The first kappa shape index (κ1) is 19.6. The normalized spacial score (nSPS) is 11.0. The van der Waals surface area contributed by atoms with Crippen LogP contribution in [0.15, 0.2) is 53.4 Å². The SMILES string of the molecule is CCOc1ccc(S(=O)(=O)N(CC(=O)O)c2cccc(OCC)c2)cc1. The monoisotopic (exact) mass is 379 g/mol. The third-order valence-corrected chi connectivity index (χ3v) is 5.21. The number of rotatable bonds is 9. The lowest BCUT2D eigenvalue weighted by atomic mass is 10.3. The van der Waals surface area contributed by atoms with E-state index in [-0.39, 0.29) is 10.6 Å². The highest BCUT2D eigenvalue weighted by Crippen LogP contribution is 2.28. The summed E-state index contributed by atoms with van der Waals surface area (Å²) in [6.45, 7) is 3.80. The van der Waals surface area contributed by atoms with E-state index < -0.39 is 22.5 Å². The van der Waals surface area contributed by atoms with Crippen LogP contribution in [0.1, 0.15) is 13.8 Å². The molecule has 0 radical (unpaired) electrons.